The van der Waals surface area contributed by atoms with E-state index in [4.69, 9.17) is 11.6 Å². The Hall–Kier alpha value is -1.13. The van der Waals surface area contributed by atoms with E-state index in [0.29, 0.717) is 10.6 Å². The lowest BCUT2D eigenvalue weighted by atomic mass is 9.96. The Labute approximate surface area is 98.8 Å². The molecule has 0 aliphatic carbocycles. The van der Waals surface area contributed by atoms with Crippen molar-refractivity contribution in [2.24, 2.45) is 0 Å². The van der Waals surface area contributed by atoms with Gasteiger partial charge in [-0.2, -0.15) is 0 Å². The van der Waals surface area contributed by atoms with E-state index < -0.39 is 0 Å². The number of hydrogen-bond donors (Lipinski definition) is 1. The first-order chi connectivity index (χ1) is 7.68. The van der Waals surface area contributed by atoms with Gasteiger partial charge in [0.05, 0.1) is 4.92 Å². The minimum absolute atomic E-state index is 0.0628. The predicted octanol–water partition coefficient (Wildman–Crippen LogP) is 3.06. The van der Waals surface area contributed by atoms with Gasteiger partial charge in [0.15, 0.2) is 0 Å². The molecule has 0 radical (unpaired) electrons. The standard InChI is InChI=1S/C11H13ClN2O2/c12-8-4-5-11(14(15)16)9(7-8)10-3-1-2-6-13-10/h4-5,7,10,13H,1-3,6H2/t10-/m1/s1. The van der Waals surface area contributed by atoms with Crippen molar-refractivity contribution in [1.29, 1.82) is 0 Å². The van der Waals surface area contributed by atoms with Crippen LogP contribution in [0.25, 0.3) is 0 Å². The maximum absolute atomic E-state index is 10.9. The van der Waals surface area contributed by atoms with Gasteiger partial charge < -0.3 is 5.32 Å². The normalized spacial score (nSPS) is 20.7. The van der Waals surface area contributed by atoms with Gasteiger partial charge in [0.2, 0.25) is 0 Å². The second-order valence-corrected chi connectivity index (χ2v) is 4.40. The van der Waals surface area contributed by atoms with Crippen LogP contribution in [0.15, 0.2) is 18.2 Å². The topological polar surface area (TPSA) is 55.2 Å². The maximum atomic E-state index is 10.9. The predicted molar refractivity (Wildman–Crippen MR) is 62.7 cm³/mol. The third-order valence-electron chi connectivity index (χ3n) is 2.87. The van der Waals surface area contributed by atoms with Crippen molar-refractivity contribution < 1.29 is 4.92 Å². The molecule has 0 bridgehead atoms. The van der Waals surface area contributed by atoms with Gasteiger partial charge in [-0.1, -0.05) is 18.0 Å². The summed E-state index contributed by atoms with van der Waals surface area (Å²) in [7, 11) is 0. The number of nitro benzene ring substituents is 1. The number of nitrogens with one attached hydrogen (secondary N) is 1. The molecule has 1 fully saturated rings. The Morgan fingerprint density at radius 1 is 1.44 bits per heavy atom. The lowest BCUT2D eigenvalue weighted by Crippen LogP contribution is -2.27. The quantitative estimate of drug-likeness (QED) is 0.639. The molecule has 0 saturated carbocycles. The third kappa shape index (κ3) is 2.33. The molecule has 0 spiro atoms. The fourth-order valence-corrected chi connectivity index (χ4v) is 2.27. The van der Waals surface area contributed by atoms with Crippen LogP contribution in [0.2, 0.25) is 5.02 Å². The molecule has 2 rings (SSSR count). The molecule has 1 saturated heterocycles. The highest BCUT2D eigenvalue weighted by atomic mass is 35.5. The summed E-state index contributed by atoms with van der Waals surface area (Å²) < 4.78 is 0. The summed E-state index contributed by atoms with van der Waals surface area (Å²) in [5, 5.41) is 14.8. The summed E-state index contributed by atoms with van der Waals surface area (Å²) in [6.07, 6.45) is 3.16. The van der Waals surface area contributed by atoms with E-state index in [0.717, 1.165) is 25.8 Å². The van der Waals surface area contributed by atoms with Crippen LogP contribution in [-0.4, -0.2) is 11.5 Å². The number of piperidine rings is 1. The molecular weight excluding hydrogens is 228 g/mol. The molecular formula is C11H13ClN2O2. The minimum Gasteiger partial charge on any atom is -0.310 e. The summed E-state index contributed by atoms with van der Waals surface area (Å²) in [6, 6.07) is 4.80. The molecule has 1 heterocycles. The molecule has 0 amide bonds. The lowest BCUT2D eigenvalue weighted by molar-refractivity contribution is -0.385. The van der Waals surface area contributed by atoms with Crippen LogP contribution in [0, 0.1) is 10.1 Å². The molecule has 16 heavy (non-hydrogen) atoms. The average Bonchev–Trinajstić information content (AvgIpc) is 2.29. The van der Waals surface area contributed by atoms with Crippen molar-refractivity contribution in [3.8, 4) is 0 Å². The zero-order valence-electron chi connectivity index (χ0n) is 8.78. The Morgan fingerprint density at radius 2 is 2.25 bits per heavy atom. The molecule has 0 unspecified atom stereocenters. The molecule has 1 atom stereocenters. The lowest BCUT2D eigenvalue weighted by Gasteiger charge is -2.23. The molecule has 1 aromatic carbocycles. The van der Waals surface area contributed by atoms with Crippen molar-refractivity contribution in [2.45, 2.75) is 25.3 Å². The van der Waals surface area contributed by atoms with Crippen LogP contribution in [0.5, 0.6) is 0 Å². The van der Waals surface area contributed by atoms with Crippen molar-refractivity contribution >= 4 is 17.3 Å². The largest absolute Gasteiger partial charge is 0.310 e. The van der Waals surface area contributed by atoms with Crippen LogP contribution in [0.1, 0.15) is 30.9 Å². The summed E-state index contributed by atoms with van der Waals surface area (Å²) in [5.41, 5.74) is 0.862. The highest BCUT2D eigenvalue weighted by molar-refractivity contribution is 6.30. The SMILES string of the molecule is O=[N+]([O-])c1ccc(Cl)cc1[C@H]1CCCCN1. The second kappa shape index (κ2) is 4.80. The first-order valence-electron chi connectivity index (χ1n) is 5.35. The Bertz CT molecular complexity index is 403. The average molecular weight is 241 g/mol. The molecule has 0 aromatic heterocycles. The zero-order valence-corrected chi connectivity index (χ0v) is 9.54. The first-order valence-corrected chi connectivity index (χ1v) is 5.73. The van der Waals surface area contributed by atoms with E-state index in [1.54, 1.807) is 12.1 Å². The van der Waals surface area contributed by atoms with Gasteiger partial charge in [0.1, 0.15) is 0 Å². The van der Waals surface area contributed by atoms with Gasteiger partial charge in [-0.15, -0.1) is 0 Å². The van der Waals surface area contributed by atoms with E-state index in [1.807, 2.05) is 0 Å². The summed E-state index contributed by atoms with van der Waals surface area (Å²) in [6.45, 7) is 0.911. The van der Waals surface area contributed by atoms with E-state index in [2.05, 4.69) is 5.32 Å². The molecule has 5 heteroatoms. The van der Waals surface area contributed by atoms with Crippen LogP contribution >= 0.6 is 11.6 Å². The van der Waals surface area contributed by atoms with Gasteiger partial charge in [-0.3, -0.25) is 10.1 Å². The maximum Gasteiger partial charge on any atom is 0.274 e. The highest BCUT2D eigenvalue weighted by Crippen LogP contribution is 2.32. The number of benzene rings is 1. The van der Waals surface area contributed by atoms with Gasteiger partial charge >= 0.3 is 0 Å². The van der Waals surface area contributed by atoms with Gasteiger partial charge in [-0.25, -0.2) is 0 Å². The fourth-order valence-electron chi connectivity index (χ4n) is 2.09. The molecule has 1 aliphatic rings. The number of nitro groups is 1. The summed E-state index contributed by atoms with van der Waals surface area (Å²) in [4.78, 5) is 10.6. The molecule has 4 nitrogen and oxygen atoms in total. The van der Waals surface area contributed by atoms with E-state index in [-0.39, 0.29) is 16.7 Å². The highest BCUT2D eigenvalue weighted by Gasteiger charge is 2.23. The van der Waals surface area contributed by atoms with Crippen LogP contribution in [0.4, 0.5) is 5.69 Å². The number of halogens is 1. The Morgan fingerprint density at radius 3 is 2.88 bits per heavy atom. The van der Waals surface area contributed by atoms with Crippen molar-refractivity contribution in [3.63, 3.8) is 0 Å². The van der Waals surface area contributed by atoms with E-state index in [1.165, 1.54) is 6.07 Å². The first kappa shape index (κ1) is 11.4. The second-order valence-electron chi connectivity index (χ2n) is 3.96. The number of nitrogens with zero attached hydrogens (tertiary/aromatic N) is 1. The Kier molecular flexibility index (Phi) is 3.41. The molecule has 1 aromatic rings. The van der Waals surface area contributed by atoms with Crippen molar-refractivity contribution in [3.05, 3.63) is 38.9 Å². The minimum atomic E-state index is -0.345. The van der Waals surface area contributed by atoms with E-state index >= 15 is 0 Å². The van der Waals surface area contributed by atoms with Crippen LogP contribution in [0.3, 0.4) is 0 Å². The summed E-state index contributed by atoms with van der Waals surface area (Å²) >= 11 is 5.89. The molecule has 86 valence electrons. The molecule has 1 aliphatic heterocycles. The van der Waals surface area contributed by atoms with E-state index in [9.17, 15) is 10.1 Å². The smallest absolute Gasteiger partial charge is 0.274 e. The number of hydrogen-bond acceptors (Lipinski definition) is 3. The molecule has 1 N–H and O–H groups in total. The van der Waals surface area contributed by atoms with Gasteiger partial charge in [0.25, 0.3) is 5.69 Å². The summed E-state index contributed by atoms with van der Waals surface area (Å²) in [5.74, 6) is 0. The van der Waals surface area contributed by atoms with Crippen LogP contribution < -0.4 is 5.32 Å². The van der Waals surface area contributed by atoms with Gasteiger partial charge in [-0.05, 0) is 31.5 Å². The Balaban J connectivity index is 2.36. The zero-order chi connectivity index (χ0) is 11.5. The van der Waals surface area contributed by atoms with Gasteiger partial charge in [0, 0.05) is 22.7 Å². The third-order valence-corrected chi connectivity index (χ3v) is 3.11. The van der Waals surface area contributed by atoms with Crippen LogP contribution in [-0.2, 0) is 0 Å². The van der Waals surface area contributed by atoms with Crippen molar-refractivity contribution in [1.82, 2.24) is 5.32 Å². The van der Waals surface area contributed by atoms with Crippen molar-refractivity contribution in [2.75, 3.05) is 6.54 Å². The monoisotopic (exact) mass is 240 g/mol. The number of rotatable bonds is 2. The fraction of sp³-hybridized carbons (Fsp3) is 0.455.